The molecule has 0 aliphatic carbocycles. The number of aromatic amines is 2. The highest BCUT2D eigenvalue weighted by Gasteiger charge is 2.28. The van der Waals surface area contributed by atoms with Gasteiger partial charge >= 0.3 is 5.69 Å². The molecule has 1 atom stereocenters. The molecule has 1 amide bonds. The van der Waals surface area contributed by atoms with Crippen LogP contribution in [0.4, 0.5) is 0 Å². The normalized spacial score (nSPS) is 19.6. The number of hydrogen-bond acceptors (Lipinski definition) is 4. The Morgan fingerprint density at radius 1 is 1.40 bits per heavy atom. The Hall–Kier alpha value is -1.89. The standard InChI is InChI=1S/C8H9N3O4/c9-6(12)3-1-15-2-4-5(3)10-8(14)11-7(4)13/h3H,1-2H2,(H2,9,12)(H2,10,11,13,14). The van der Waals surface area contributed by atoms with Crippen molar-refractivity contribution in [2.45, 2.75) is 12.5 Å². The maximum absolute atomic E-state index is 11.3. The largest absolute Gasteiger partial charge is 0.375 e. The molecule has 7 heteroatoms. The molecule has 1 aliphatic rings. The van der Waals surface area contributed by atoms with Crippen LogP contribution in [0, 0.1) is 0 Å². The van der Waals surface area contributed by atoms with Gasteiger partial charge in [-0.3, -0.25) is 14.6 Å². The van der Waals surface area contributed by atoms with Crippen LogP contribution in [0.1, 0.15) is 17.2 Å². The predicted octanol–water partition coefficient (Wildman–Crippen LogP) is -1.84. The van der Waals surface area contributed by atoms with E-state index in [9.17, 15) is 14.4 Å². The highest BCUT2D eigenvalue weighted by Crippen LogP contribution is 2.20. The number of carbonyl (C=O) groups excluding carboxylic acids is 1. The van der Waals surface area contributed by atoms with Gasteiger partial charge in [-0.05, 0) is 0 Å². The fraction of sp³-hybridized carbons (Fsp3) is 0.375. The van der Waals surface area contributed by atoms with Crippen LogP contribution < -0.4 is 17.0 Å². The van der Waals surface area contributed by atoms with Crippen LogP contribution in [0.2, 0.25) is 0 Å². The number of primary amides is 1. The number of H-pyrrole nitrogens is 2. The number of nitrogens with two attached hydrogens (primary N) is 1. The van der Waals surface area contributed by atoms with E-state index in [1.807, 2.05) is 0 Å². The Morgan fingerprint density at radius 3 is 2.80 bits per heavy atom. The molecule has 0 spiro atoms. The predicted molar refractivity (Wildman–Crippen MR) is 49.3 cm³/mol. The zero-order valence-electron chi connectivity index (χ0n) is 7.70. The van der Waals surface area contributed by atoms with Crippen molar-refractivity contribution in [1.29, 1.82) is 0 Å². The molecule has 1 aromatic rings. The molecule has 0 fully saturated rings. The molecule has 0 radical (unpaired) electrons. The van der Waals surface area contributed by atoms with Gasteiger partial charge in [0.15, 0.2) is 0 Å². The van der Waals surface area contributed by atoms with Crippen molar-refractivity contribution in [2.24, 2.45) is 5.73 Å². The zero-order chi connectivity index (χ0) is 11.0. The lowest BCUT2D eigenvalue weighted by atomic mass is 9.99. The molecule has 0 bridgehead atoms. The van der Waals surface area contributed by atoms with Gasteiger partial charge < -0.3 is 15.5 Å². The summed E-state index contributed by atoms with van der Waals surface area (Å²) in [4.78, 5) is 37.9. The first kappa shape index (κ1) is 9.66. The number of nitrogens with one attached hydrogen (secondary N) is 2. The van der Waals surface area contributed by atoms with E-state index in [0.29, 0.717) is 0 Å². The van der Waals surface area contributed by atoms with Gasteiger partial charge in [0.1, 0.15) is 5.92 Å². The van der Waals surface area contributed by atoms with Crippen LogP contribution in [0.5, 0.6) is 0 Å². The molecule has 2 rings (SSSR count). The zero-order valence-corrected chi connectivity index (χ0v) is 7.70. The van der Waals surface area contributed by atoms with Gasteiger partial charge in [-0.25, -0.2) is 4.79 Å². The fourth-order valence-electron chi connectivity index (χ4n) is 1.56. The molecule has 2 heterocycles. The molecule has 1 aliphatic heterocycles. The number of amides is 1. The van der Waals surface area contributed by atoms with Crippen LogP contribution in [0.15, 0.2) is 9.59 Å². The Kier molecular flexibility index (Phi) is 2.16. The van der Waals surface area contributed by atoms with Crippen LogP contribution in [-0.2, 0) is 16.1 Å². The van der Waals surface area contributed by atoms with E-state index in [1.165, 1.54) is 0 Å². The molecule has 4 N–H and O–H groups in total. The van der Waals surface area contributed by atoms with Crippen molar-refractivity contribution >= 4 is 5.91 Å². The molecule has 80 valence electrons. The summed E-state index contributed by atoms with van der Waals surface area (Å²) in [7, 11) is 0. The van der Waals surface area contributed by atoms with Crippen molar-refractivity contribution in [3.8, 4) is 0 Å². The van der Waals surface area contributed by atoms with Crippen LogP contribution in [0.3, 0.4) is 0 Å². The number of aromatic nitrogens is 2. The van der Waals surface area contributed by atoms with Gasteiger partial charge in [0.05, 0.1) is 18.8 Å². The van der Waals surface area contributed by atoms with Gasteiger partial charge in [0, 0.05) is 5.69 Å². The minimum absolute atomic E-state index is 0.0746. The average Bonchev–Trinajstić information content (AvgIpc) is 2.16. The summed E-state index contributed by atoms with van der Waals surface area (Å²) in [6, 6.07) is 0. The van der Waals surface area contributed by atoms with Crippen molar-refractivity contribution in [3.63, 3.8) is 0 Å². The first-order valence-corrected chi connectivity index (χ1v) is 4.32. The highest BCUT2D eigenvalue weighted by atomic mass is 16.5. The van der Waals surface area contributed by atoms with Gasteiger partial charge in [-0.2, -0.15) is 0 Å². The second kappa shape index (κ2) is 3.35. The lowest BCUT2D eigenvalue weighted by molar-refractivity contribution is -0.121. The van der Waals surface area contributed by atoms with Crippen molar-refractivity contribution in [3.05, 3.63) is 32.1 Å². The first-order valence-electron chi connectivity index (χ1n) is 4.32. The first-order chi connectivity index (χ1) is 7.09. The Balaban J connectivity index is 2.66. The van der Waals surface area contributed by atoms with Crippen molar-refractivity contribution < 1.29 is 9.53 Å². The topological polar surface area (TPSA) is 118 Å². The fourth-order valence-corrected chi connectivity index (χ4v) is 1.56. The summed E-state index contributed by atoms with van der Waals surface area (Å²) in [5, 5.41) is 0. The van der Waals surface area contributed by atoms with Crippen LogP contribution in [-0.4, -0.2) is 22.5 Å². The van der Waals surface area contributed by atoms with Gasteiger partial charge in [-0.1, -0.05) is 0 Å². The molecule has 15 heavy (non-hydrogen) atoms. The van der Waals surface area contributed by atoms with E-state index in [1.54, 1.807) is 0 Å². The highest BCUT2D eigenvalue weighted by molar-refractivity contribution is 5.82. The van der Waals surface area contributed by atoms with E-state index in [-0.39, 0.29) is 24.5 Å². The van der Waals surface area contributed by atoms with Crippen LogP contribution in [0.25, 0.3) is 0 Å². The molecular formula is C8H9N3O4. The van der Waals surface area contributed by atoms with E-state index < -0.39 is 23.1 Å². The third-order valence-corrected chi connectivity index (χ3v) is 2.30. The van der Waals surface area contributed by atoms with E-state index >= 15 is 0 Å². The maximum Gasteiger partial charge on any atom is 0.325 e. The third kappa shape index (κ3) is 1.57. The minimum Gasteiger partial charge on any atom is -0.375 e. The number of rotatable bonds is 1. The average molecular weight is 211 g/mol. The Morgan fingerprint density at radius 2 is 2.13 bits per heavy atom. The second-order valence-corrected chi connectivity index (χ2v) is 3.27. The van der Waals surface area contributed by atoms with Gasteiger partial charge in [-0.15, -0.1) is 0 Å². The SMILES string of the molecule is NC(=O)C1COCc2c1[nH]c(=O)[nH]c2=O. The lowest BCUT2D eigenvalue weighted by Gasteiger charge is -2.21. The number of fused-ring (bicyclic) bond motifs is 1. The monoisotopic (exact) mass is 211 g/mol. The smallest absolute Gasteiger partial charge is 0.325 e. The van der Waals surface area contributed by atoms with Gasteiger partial charge in [0.25, 0.3) is 5.56 Å². The Bertz CT molecular complexity index is 515. The summed E-state index contributed by atoms with van der Waals surface area (Å²) in [6.07, 6.45) is 0. The molecular weight excluding hydrogens is 202 g/mol. The summed E-state index contributed by atoms with van der Waals surface area (Å²) in [5.74, 6) is -1.39. The van der Waals surface area contributed by atoms with Crippen molar-refractivity contribution in [2.75, 3.05) is 6.61 Å². The van der Waals surface area contributed by atoms with E-state index in [0.717, 1.165) is 0 Å². The van der Waals surface area contributed by atoms with Crippen molar-refractivity contribution in [1.82, 2.24) is 9.97 Å². The third-order valence-electron chi connectivity index (χ3n) is 2.30. The molecule has 1 aromatic heterocycles. The quantitative estimate of drug-likeness (QED) is 0.505. The summed E-state index contributed by atoms with van der Waals surface area (Å²) >= 11 is 0. The Labute approximate surface area is 83.3 Å². The maximum atomic E-state index is 11.3. The number of carbonyl (C=O) groups is 1. The van der Waals surface area contributed by atoms with Gasteiger partial charge in [0.2, 0.25) is 5.91 Å². The molecule has 0 saturated carbocycles. The van der Waals surface area contributed by atoms with Crippen LogP contribution >= 0.6 is 0 Å². The number of ether oxygens (including phenoxy) is 1. The summed E-state index contributed by atoms with van der Waals surface area (Å²) < 4.78 is 5.05. The van der Waals surface area contributed by atoms with E-state index in [2.05, 4.69) is 9.97 Å². The lowest BCUT2D eigenvalue weighted by Crippen LogP contribution is -2.37. The summed E-state index contributed by atoms with van der Waals surface area (Å²) in [6.45, 7) is 0.160. The molecule has 1 unspecified atom stereocenters. The molecule has 0 aromatic carbocycles. The van der Waals surface area contributed by atoms with E-state index in [4.69, 9.17) is 10.5 Å². The second-order valence-electron chi connectivity index (χ2n) is 3.27. The molecule has 7 nitrogen and oxygen atoms in total. The summed E-state index contributed by atoms with van der Waals surface area (Å²) in [5.41, 5.74) is 4.46. The minimum atomic E-state index is -0.760. The molecule has 0 saturated heterocycles. The number of hydrogen-bond donors (Lipinski definition) is 3.